The number of allylic oxidation sites excluding steroid dienone is 1. The van der Waals surface area contributed by atoms with Crippen LogP contribution in [-0.2, 0) is 9.53 Å². The molecule has 0 amide bonds. The third kappa shape index (κ3) is 5.38. The van der Waals surface area contributed by atoms with Crippen LogP contribution >= 0.6 is 0 Å². The van der Waals surface area contributed by atoms with E-state index in [0.717, 1.165) is 25.0 Å². The maximum atomic E-state index is 11.7. The molecule has 0 aromatic carbocycles. The molecule has 1 aliphatic rings. The van der Waals surface area contributed by atoms with Gasteiger partial charge in [-0.05, 0) is 18.3 Å². The van der Waals surface area contributed by atoms with E-state index in [0.29, 0.717) is 0 Å². The summed E-state index contributed by atoms with van der Waals surface area (Å²) in [6.45, 7) is 8.63. The predicted molar refractivity (Wildman–Crippen MR) is 70.8 cm³/mol. The van der Waals surface area contributed by atoms with Gasteiger partial charge in [0.1, 0.15) is 5.76 Å². The molecule has 1 unspecified atom stereocenters. The standard InChI is InChI=1S/C15H26O2/c1-5-6-7-8-9-12-10-13(16)14(17-12)11-15(2,3)4/h10,14H,5-9,11H2,1-4H3. The van der Waals surface area contributed by atoms with Crippen molar-refractivity contribution in [2.24, 2.45) is 5.41 Å². The average molecular weight is 238 g/mol. The van der Waals surface area contributed by atoms with Gasteiger partial charge in [-0.3, -0.25) is 4.79 Å². The van der Waals surface area contributed by atoms with E-state index >= 15 is 0 Å². The molecule has 0 fully saturated rings. The van der Waals surface area contributed by atoms with Gasteiger partial charge < -0.3 is 4.74 Å². The quantitative estimate of drug-likeness (QED) is 0.647. The van der Waals surface area contributed by atoms with Crippen molar-refractivity contribution < 1.29 is 9.53 Å². The highest BCUT2D eigenvalue weighted by Crippen LogP contribution is 2.29. The van der Waals surface area contributed by atoms with Crippen molar-refractivity contribution in [1.82, 2.24) is 0 Å². The molecule has 1 atom stereocenters. The van der Waals surface area contributed by atoms with Crippen LogP contribution < -0.4 is 0 Å². The lowest BCUT2D eigenvalue weighted by Crippen LogP contribution is -2.23. The topological polar surface area (TPSA) is 26.3 Å². The van der Waals surface area contributed by atoms with Crippen LogP contribution in [-0.4, -0.2) is 11.9 Å². The molecule has 98 valence electrons. The van der Waals surface area contributed by atoms with Crippen LogP contribution in [0.1, 0.15) is 66.2 Å². The zero-order valence-corrected chi connectivity index (χ0v) is 11.7. The molecule has 0 radical (unpaired) electrons. The maximum absolute atomic E-state index is 11.7. The van der Waals surface area contributed by atoms with Crippen LogP contribution in [0.25, 0.3) is 0 Å². The van der Waals surface area contributed by atoms with E-state index < -0.39 is 0 Å². The molecule has 0 aromatic heterocycles. The van der Waals surface area contributed by atoms with Gasteiger partial charge in [-0.2, -0.15) is 0 Å². The molecule has 1 aliphatic heterocycles. The second-order valence-electron chi connectivity index (χ2n) is 6.19. The number of carbonyl (C=O) groups excluding carboxylic acids is 1. The Morgan fingerprint density at radius 3 is 2.53 bits per heavy atom. The van der Waals surface area contributed by atoms with Gasteiger partial charge in [0.25, 0.3) is 0 Å². The molecule has 1 rings (SSSR count). The minimum Gasteiger partial charge on any atom is -0.486 e. The summed E-state index contributed by atoms with van der Waals surface area (Å²) < 4.78 is 5.74. The van der Waals surface area contributed by atoms with E-state index in [-0.39, 0.29) is 17.3 Å². The van der Waals surface area contributed by atoms with Gasteiger partial charge in [-0.15, -0.1) is 0 Å². The first-order chi connectivity index (χ1) is 7.92. The minimum absolute atomic E-state index is 0.145. The number of hydrogen-bond donors (Lipinski definition) is 0. The van der Waals surface area contributed by atoms with Crippen LogP contribution in [0, 0.1) is 5.41 Å². The van der Waals surface area contributed by atoms with E-state index in [1.165, 1.54) is 19.3 Å². The van der Waals surface area contributed by atoms with E-state index in [4.69, 9.17) is 4.74 Å². The van der Waals surface area contributed by atoms with Gasteiger partial charge in [0.05, 0.1) is 0 Å². The molecule has 0 saturated carbocycles. The Kier molecular flexibility index (Phi) is 5.23. The highest BCUT2D eigenvalue weighted by molar-refractivity contribution is 5.95. The van der Waals surface area contributed by atoms with Gasteiger partial charge in [-0.1, -0.05) is 47.0 Å². The molecule has 17 heavy (non-hydrogen) atoms. The molecule has 0 aromatic rings. The van der Waals surface area contributed by atoms with Crippen molar-refractivity contribution in [1.29, 1.82) is 0 Å². The molecule has 2 nitrogen and oxygen atoms in total. The van der Waals surface area contributed by atoms with Crippen molar-refractivity contribution in [3.8, 4) is 0 Å². The van der Waals surface area contributed by atoms with Gasteiger partial charge >= 0.3 is 0 Å². The van der Waals surface area contributed by atoms with Crippen molar-refractivity contribution in [3.63, 3.8) is 0 Å². The number of ether oxygens (including phenoxy) is 1. The highest BCUT2D eigenvalue weighted by atomic mass is 16.5. The normalized spacial score (nSPS) is 20.4. The van der Waals surface area contributed by atoms with Crippen molar-refractivity contribution in [3.05, 3.63) is 11.8 Å². The van der Waals surface area contributed by atoms with Crippen LogP contribution in [0.4, 0.5) is 0 Å². The second kappa shape index (κ2) is 6.23. The predicted octanol–water partition coefficient (Wildman–Crippen LogP) is 4.24. The number of unbranched alkanes of at least 4 members (excludes halogenated alkanes) is 3. The van der Waals surface area contributed by atoms with Crippen LogP contribution in [0.2, 0.25) is 0 Å². The fourth-order valence-electron chi connectivity index (χ4n) is 2.08. The van der Waals surface area contributed by atoms with E-state index in [1.807, 2.05) is 0 Å². The highest BCUT2D eigenvalue weighted by Gasteiger charge is 2.30. The molecular formula is C15H26O2. The number of rotatable bonds is 6. The summed E-state index contributed by atoms with van der Waals surface area (Å²) in [7, 11) is 0. The summed E-state index contributed by atoms with van der Waals surface area (Å²) in [6, 6.07) is 0. The number of carbonyl (C=O) groups is 1. The van der Waals surface area contributed by atoms with E-state index in [9.17, 15) is 4.79 Å². The lowest BCUT2D eigenvalue weighted by atomic mass is 9.88. The maximum Gasteiger partial charge on any atom is 0.199 e. The van der Waals surface area contributed by atoms with Crippen molar-refractivity contribution >= 4 is 5.78 Å². The largest absolute Gasteiger partial charge is 0.486 e. The second-order valence-corrected chi connectivity index (χ2v) is 6.19. The Balaban J connectivity index is 2.32. The van der Waals surface area contributed by atoms with Crippen LogP contribution in [0.15, 0.2) is 11.8 Å². The number of ketones is 1. The fraction of sp³-hybridized carbons (Fsp3) is 0.800. The van der Waals surface area contributed by atoms with Crippen LogP contribution in [0.3, 0.4) is 0 Å². The summed E-state index contributed by atoms with van der Waals surface area (Å²) in [5.74, 6) is 1.06. The average Bonchev–Trinajstić information content (AvgIpc) is 2.52. The molecule has 0 spiro atoms. The Morgan fingerprint density at radius 2 is 1.94 bits per heavy atom. The van der Waals surface area contributed by atoms with Gasteiger partial charge in [0.15, 0.2) is 11.9 Å². The first kappa shape index (κ1) is 14.3. The monoisotopic (exact) mass is 238 g/mol. The third-order valence-corrected chi connectivity index (χ3v) is 2.99. The fourth-order valence-corrected chi connectivity index (χ4v) is 2.08. The smallest absolute Gasteiger partial charge is 0.199 e. The van der Waals surface area contributed by atoms with Crippen LogP contribution in [0.5, 0.6) is 0 Å². The van der Waals surface area contributed by atoms with E-state index in [1.54, 1.807) is 6.08 Å². The Morgan fingerprint density at radius 1 is 1.24 bits per heavy atom. The Labute approximate surface area is 105 Å². The first-order valence-corrected chi connectivity index (χ1v) is 6.83. The lowest BCUT2D eigenvalue weighted by molar-refractivity contribution is -0.121. The summed E-state index contributed by atoms with van der Waals surface area (Å²) in [5.41, 5.74) is 0.145. The van der Waals surface area contributed by atoms with Crippen molar-refractivity contribution in [2.75, 3.05) is 0 Å². The molecule has 0 bridgehead atoms. The van der Waals surface area contributed by atoms with Gasteiger partial charge in [0.2, 0.25) is 0 Å². The lowest BCUT2D eigenvalue weighted by Gasteiger charge is -2.22. The SMILES string of the molecule is CCCCCCC1=CC(=O)C(CC(C)(C)C)O1. The molecule has 0 saturated heterocycles. The van der Waals surface area contributed by atoms with Crippen molar-refractivity contribution in [2.45, 2.75) is 72.3 Å². The summed E-state index contributed by atoms with van der Waals surface area (Å²) in [4.78, 5) is 11.7. The molecule has 0 N–H and O–H groups in total. The Hall–Kier alpha value is -0.790. The zero-order valence-electron chi connectivity index (χ0n) is 11.7. The third-order valence-electron chi connectivity index (χ3n) is 2.99. The number of hydrogen-bond acceptors (Lipinski definition) is 2. The molecule has 0 aliphatic carbocycles. The molecular weight excluding hydrogens is 212 g/mol. The van der Waals surface area contributed by atoms with Gasteiger partial charge in [-0.25, -0.2) is 0 Å². The first-order valence-electron chi connectivity index (χ1n) is 6.83. The Bertz CT molecular complexity index is 284. The zero-order chi connectivity index (χ0) is 12.9. The summed E-state index contributed by atoms with van der Waals surface area (Å²) in [6.07, 6.45) is 8.09. The minimum atomic E-state index is -0.226. The summed E-state index contributed by atoms with van der Waals surface area (Å²) in [5, 5.41) is 0. The molecule has 2 heteroatoms. The van der Waals surface area contributed by atoms with Gasteiger partial charge in [0, 0.05) is 12.5 Å². The summed E-state index contributed by atoms with van der Waals surface area (Å²) >= 11 is 0. The van der Waals surface area contributed by atoms with E-state index in [2.05, 4.69) is 27.7 Å². The molecule has 1 heterocycles.